The molecule has 40 heavy (non-hydrogen) atoms. The Bertz CT molecular complexity index is 1500. The third-order valence-corrected chi connectivity index (χ3v) is 9.19. The summed E-state index contributed by atoms with van der Waals surface area (Å²) >= 11 is 0. The topological polar surface area (TPSA) is 44.8 Å². The number of rotatable bonds is 8. The zero-order valence-electron chi connectivity index (χ0n) is 23.8. The molecule has 0 saturated heterocycles. The van der Waals surface area contributed by atoms with Crippen molar-refractivity contribution in [2.75, 3.05) is 13.7 Å². The van der Waals surface area contributed by atoms with Gasteiger partial charge in [0.05, 0.1) is 19.6 Å². The van der Waals surface area contributed by atoms with E-state index in [1.807, 2.05) is 25.1 Å². The Morgan fingerprint density at radius 2 is 1.80 bits per heavy atom. The smallest absolute Gasteiger partial charge is 0.309 e. The molecule has 0 bridgehead atoms. The number of allylic oxidation sites excluding steroid dienone is 2. The number of methoxy groups -OCH3 is 1. The summed E-state index contributed by atoms with van der Waals surface area (Å²) in [5.41, 5.74) is 7.16. The highest BCUT2D eigenvalue weighted by atomic mass is 19.1. The molecule has 3 aromatic carbocycles. The fraction of sp³-hybridized carbons (Fsp3) is 0.400. The second kappa shape index (κ2) is 10.1. The van der Waals surface area contributed by atoms with Gasteiger partial charge in [0.2, 0.25) is 0 Å². The van der Waals surface area contributed by atoms with Crippen molar-refractivity contribution in [3.63, 3.8) is 0 Å². The van der Waals surface area contributed by atoms with Crippen molar-refractivity contribution in [2.24, 2.45) is 11.3 Å². The van der Waals surface area contributed by atoms with Gasteiger partial charge in [-0.2, -0.15) is 0 Å². The summed E-state index contributed by atoms with van der Waals surface area (Å²) in [5, 5.41) is 0. The predicted molar refractivity (Wildman–Crippen MR) is 155 cm³/mol. The van der Waals surface area contributed by atoms with Crippen LogP contribution in [-0.4, -0.2) is 19.7 Å². The van der Waals surface area contributed by atoms with Crippen LogP contribution in [0, 0.1) is 17.2 Å². The Morgan fingerprint density at radius 1 is 0.975 bits per heavy atom. The van der Waals surface area contributed by atoms with Gasteiger partial charge in [-0.25, -0.2) is 4.39 Å². The molecular weight excluding hydrogens is 503 g/mol. The van der Waals surface area contributed by atoms with E-state index in [0.29, 0.717) is 24.5 Å². The van der Waals surface area contributed by atoms with Gasteiger partial charge < -0.3 is 14.2 Å². The monoisotopic (exact) mass is 540 g/mol. The molecule has 6 rings (SSSR count). The minimum Gasteiger partial charge on any atom is -0.497 e. The lowest BCUT2D eigenvalue weighted by atomic mass is 9.79. The maximum Gasteiger partial charge on any atom is 0.309 e. The lowest BCUT2D eigenvalue weighted by Crippen LogP contribution is -2.15. The molecule has 1 saturated carbocycles. The number of halogens is 1. The second-order valence-electron chi connectivity index (χ2n) is 12.0. The molecule has 0 amide bonds. The van der Waals surface area contributed by atoms with Crippen LogP contribution in [-0.2, 0) is 28.0 Å². The van der Waals surface area contributed by atoms with Gasteiger partial charge in [-0.05, 0) is 114 Å². The fourth-order valence-corrected chi connectivity index (χ4v) is 6.86. The SMILES string of the molecule is CCOC(=O)[C@H]1C[C@]12CCc1ccc(OCc3ccc(-c4cc(OC)ccc4F)c(C4=CCCC4(C)C)c3)cc12. The molecular formula is C35H37FO4. The highest BCUT2D eigenvalue weighted by Crippen LogP contribution is 2.62. The molecule has 3 aromatic rings. The summed E-state index contributed by atoms with van der Waals surface area (Å²) in [5.74, 6) is 1.05. The Labute approximate surface area is 236 Å². The van der Waals surface area contributed by atoms with Crippen molar-refractivity contribution >= 4 is 11.5 Å². The number of hydrogen-bond donors (Lipinski definition) is 0. The van der Waals surface area contributed by atoms with E-state index in [0.717, 1.165) is 54.5 Å². The van der Waals surface area contributed by atoms with Gasteiger partial charge in [0.1, 0.15) is 23.9 Å². The molecule has 0 aliphatic heterocycles. The van der Waals surface area contributed by atoms with Gasteiger partial charge >= 0.3 is 5.97 Å². The van der Waals surface area contributed by atoms with Crippen LogP contribution >= 0.6 is 0 Å². The normalized spacial score (nSPS) is 22.1. The van der Waals surface area contributed by atoms with E-state index in [1.165, 1.54) is 22.8 Å². The minimum atomic E-state index is -0.268. The Balaban J connectivity index is 1.28. The number of fused-ring (bicyclic) bond motifs is 2. The molecule has 3 aliphatic rings. The zero-order valence-corrected chi connectivity index (χ0v) is 23.8. The van der Waals surface area contributed by atoms with Crippen LogP contribution in [0.2, 0.25) is 0 Å². The van der Waals surface area contributed by atoms with Gasteiger partial charge in [0.25, 0.3) is 0 Å². The number of hydrogen-bond acceptors (Lipinski definition) is 4. The highest BCUT2D eigenvalue weighted by molar-refractivity contribution is 5.85. The third kappa shape index (κ3) is 4.59. The van der Waals surface area contributed by atoms with Crippen molar-refractivity contribution in [3.8, 4) is 22.6 Å². The van der Waals surface area contributed by atoms with Crippen molar-refractivity contribution < 1.29 is 23.4 Å². The van der Waals surface area contributed by atoms with Crippen molar-refractivity contribution in [3.05, 3.63) is 88.7 Å². The number of benzene rings is 3. The first-order valence-corrected chi connectivity index (χ1v) is 14.4. The summed E-state index contributed by atoms with van der Waals surface area (Å²) in [6.07, 6.45) is 7.20. The molecule has 0 heterocycles. The standard InChI is InChI=1S/C35H37FO4/c1-5-39-33(37)31-20-35(31)16-14-23-9-10-25(19-30(23)35)40-21-22-8-12-26(28-18-24(38-4)11-13-32(28)36)27(17-22)29-7-6-15-34(29,2)3/h7-13,17-19,31H,5-6,14-16,20-21H2,1-4H3/t31-,35+/m1/s1. The van der Waals surface area contributed by atoms with Crippen molar-refractivity contribution in [2.45, 2.75) is 64.9 Å². The van der Waals surface area contributed by atoms with Crippen LogP contribution < -0.4 is 9.47 Å². The first-order chi connectivity index (χ1) is 19.3. The van der Waals surface area contributed by atoms with E-state index in [1.54, 1.807) is 19.2 Å². The number of carbonyl (C=O) groups is 1. The van der Waals surface area contributed by atoms with E-state index >= 15 is 4.39 Å². The summed E-state index contributed by atoms with van der Waals surface area (Å²) < 4.78 is 32.1. The second-order valence-corrected chi connectivity index (χ2v) is 12.0. The maximum atomic E-state index is 15.1. The number of aryl methyl sites for hydroxylation is 1. The number of carbonyl (C=O) groups excluding carboxylic acids is 1. The van der Waals surface area contributed by atoms with Crippen LogP contribution in [0.4, 0.5) is 4.39 Å². The molecule has 5 heteroatoms. The van der Waals surface area contributed by atoms with E-state index < -0.39 is 0 Å². The Kier molecular flexibility index (Phi) is 6.72. The zero-order chi connectivity index (χ0) is 28.1. The quantitative estimate of drug-likeness (QED) is 0.271. The highest BCUT2D eigenvalue weighted by Gasteiger charge is 2.62. The predicted octanol–water partition coefficient (Wildman–Crippen LogP) is 8.05. The first-order valence-electron chi connectivity index (χ1n) is 14.4. The molecule has 4 nitrogen and oxygen atoms in total. The largest absolute Gasteiger partial charge is 0.497 e. The van der Waals surface area contributed by atoms with E-state index in [4.69, 9.17) is 14.2 Å². The number of ether oxygens (including phenoxy) is 3. The third-order valence-electron chi connectivity index (χ3n) is 9.19. The average Bonchev–Trinajstić information content (AvgIpc) is 3.43. The van der Waals surface area contributed by atoms with Crippen LogP contribution in [0.3, 0.4) is 0 Å². The molecule has 1 fully saturated rings. The van der Waals surface area contributed by atoms with Gasteiger partial charge in [-0.3, -0.25) is 4.79 Å². The van der Waals surface area contributed by atoms with Crippen molar-refractivity contribution in [1.29, 1.82) is 0 Å². The lowest BCUT2D eigenvalue weighted by Gasteiger charge is -2.25. The molecule has 0 unspecified atom stereocenters. The van der Waals surface area contributed by atoms with Crippen LogP contribution in [0.5, 0.6) is 11.5 Å². The first kappa shape index (κ1) is 26.6. The summed E-state index contributed by atoms with van der Waals surface area (Å²) in [7, 11) is 1.60. The fourth-order valence-electron chi connectivity index (χ4n) is 6.86. The van der Waals surface area contributed by atoms with E-state index in [2.05, 4.69) is 38.1 Å². The van der Waals surface area contributed by atoms with Gasteiger partial charge in [-0.15, -0.1) is 0 Å². The maximum absolute atomic E-state index is 15.1. The Morgan fingerprint density at radius 3 is 2.55 bits per heavy atom. The van der Waals surface area contributed by atoms with Crippen LogP contribution in [0.25, 0.3) is 16.7 Å². The van der Waals surface area contributed by atoms with Gasteiger partial charge in [0, 0.05) is 11.0 Å². The Hall–Kier alpha value is -3.60. The molecule has 2 atom stereocenters. The minimum absolute atomic E-state index is 0.00238. The summed E-state index contributed by atoms with van der Waals surface area (Å²) in [6, 6.07) is 17.4. The van der Waals surface area contributed by atoms with Gasteiger partial charge in [0.15, 0.2) is 0 Å². The molecule has 208 valence electrons. The van der Waals surface area contributed by atoms with Crippen LogP contribution in [0.1, 0.15) is 68.7 Å². The van der Waals surface area contributed by atoms with Crippen molar-refractivity contribution in [1.82, 2.24) is 0 Å². The summed E-state index contributed by atoms with van der Waals surface area (Å²) in [4.78, 5) is 12.5. The molecule has 3 aliphatic carbocycles. The molecule has 0 aromatic heterocycles. The molecule has 1 spiro atoms. The molecule has 0 radical (unpaired) electrons. The van der Waals surface area contributed by atoms with E-state index in [9.17, 15) is 4.79 Å². The molecule has 0 N–H and O–H groups in total. The van der Waals surface area contributed by atoms with E-state index in [-0.39, 0.29) is 28.5 Å². The average molecular weight is 541 g/mol. The van der Waals surface area contributed by atoms with Gasteiger partial charge in [-0.1, -0.05) is 38.1 Å². The summed E-state index contributed by atoms with van der Waals surface area (Å²) in [6.45, 7) is 7.18. The lowest BCUT2D eigenvalue weighted by molar-refractivity contribution is -0.145. The number of esters is 1. The van der Waals surface area contributed by atoms with Crippen LogP contribution in [0.15, 0.2) is 60.7 Å².